The van der Waals surface area contributed by atoms with E-state index in [-0.39, 0.29) is 0 Å². The first-order valence-corrected chi connectivity index (χ1v) is 11.8. The summed E-state index contributed by atoms with van der Waals surface area (Å²) in [5, 5.41) is 0. The van der Waals surface area contributed by atoms with Gasteiger partial charge in [0.05, 0.1) is 9.75 Å². The highest BCUT2D eigenvalue weighted by atomic mass is 32.1. The number of para-hydroxylation sites is 2. The number of nitrogens with zero attached hydrogens (tertiary/aromatic N) is 2. The van der Waals surface area contributed by atoms with Gasteiger partial charge in [0, 0.05) is 0 Å². The molecular weight excluding hydrogens is 404 g/mol. The smallest absolute Gasteiger partial charge is 0.237 e. The van der Waals surface area contributed by atoms with Gasteiger partial charge in [-0.2, -0.15) is 0 Å². The zero-order chi connectivity index (χ0) is 21.5. The molecule has 0 amide bonds. The van der Waals surface area contributed by atoms with Crippen LogP contribution in [0.4, 0.5) is 0 Å². The van der Waals surface area contributed by atoms with Crippen molar-refractivity contribution in [3.63, 3.8) is 0 Å². The predicted molar refractivity (Wildman–Crippen MR) is 128 cm³/mol. The molecule has 3 aromatic heterocycles. The Morgan fingerprint density at radius 3 is 1.58 bits per heavy atom. The predicted octanol–water partition coefficient (Wildman–Crippen LogP) is 8.39. The summed E-state index contributed by atoms with van der Waals surface area (Å²) in [6.45, 7) is 8.83. The molecule has 5 rings (SSSR count). The lowest BCUT2D eigenvalue weighted by molar-refractivity contribution is 0.607. The highest BCUT2D eigenvalue weighted by molar-refractivity contribution is 7.18. The first-order valence-electron chi connectivity index (χ1n) is 11.0. The van der Waals surface area contributed by atoms with Gasteiger partial charge < -0.3 is 8.83 Å². The number of hydrogen-bond acceptors (Lipinski definition) is 5. The summed E-state index contributed by atoms with van der Waals surface area (Å²) in [4.78, 5) is 11.5. The van der Waals surface area contributed by atoms with Crippen molar-refractivity contribution in [2.45, 2.75) is 52.4 Å². The average Bonchev–Trinajstić information content (AvgIpc) is 3.53. The molecule has 0 saturated carbocycles. The number of rotatable bonds is 6. The second-order valence-electron chi connectivity index (χ2n) is 8.21. The van der Waals surface area contributed by atoms with Crippen molar-refractivity contribution >= 4 is 33.5 Å². The maximum Gasteiger partial charge on any atom is 0.237 e. The average molecular weight is 431 g/mol. The number of benzene rings is 2. The monoisotopic (exact) mass is 430 g/mol. The Morgan fingerprint density at radius 1 is 0.710 bits per heavy atom. The molecule has 0 spiro atoms. The minimum atomic E-state index is 0.433. The highest BCUT2D eigenvalue weighted by Gasteiger charge is 2.19. The van der Waals surface area contributed by atoms with Crippen molar-refractivity contribution in [2.24, 2.45) is 0 Å². The molecule has 2 unspecified atom stereocenters. The summed E-state index contributed by atoms with van der Waals surface area (Å²) >= 11 is 1.60. The molecule has 158 valence electrons. The fourth-order valence-electron chi connectivity index (χ4n) is 3.94. The van der Waals surface area contributed by atoms with Crippen LogP contribution >= 0.6 is 11.3 Å². The molecule has 0 N–H and O–H groups in total. The van der Waals surface area contributed by atoms with Crippen LogP contribution in [0.5, 0.6) is 0 Å². The number of fused-ring (bicyclic) bond motifs is 2. The maximum absolute atomic E-state index is 6.23. The van der Waals surface area contributed by atoms with Crippen LogP contribution in [0.25, 0.3) is 43.7 Å². The lowest BCUT2D eigenvalue weighted by Crippen LogP contribution is -1.91. The molecule has 0 radical (unpaired) electrons. The van der Waals surface area contributed by atoms with Gasteiger partial charge in [0.15, 0.2) is 11.2 Å². The van der Waals surface area contributed by atoms with Crippen LogP contribution in [0.1, 0.15) is 63.5 Å². The standard InChI is InChI=1S/C26H26N2O2S/c1-5-15(3)17-9-7-11-19-23(17)29-25(27-19)21-13-14-22(31-21)26-28-20-12-8-10-18(16(4)6-2)24(20)30-26/h7-16H,5-6H2,1-4H3. The fraction of sp³-hybridized carbons (Fsp3) is 0.308. The van der Waals surface area contributed by atoms with Crippen molar-refractivity contribution in [2.75, 3.05) is 0 Å². The maximum atomic E-state index is 6.23. The molecule has 5 heteroatoms. The van der Waals surface area contributed by atoms with Gasteiger partial charge in [-0.3, -0.25) is 0 Å². The summed E-state index contributed by atoms with van der Waals surface area (Å²) in [6, 6.07) is 16.5. The molecule has 4 nitrogen and oxygen atoms in total. The van der Waals surface area contributed by atoms with Crippen molar-refractivity contribution in [3.05, 3.63) is 59.7 Å². The summed E-state index contributed by atoms with van der Waals surface area (Å²) < 4.78 is 12.5. The van der Waals surface area contributed by atoms with Crippen LogP contribution in [0, 0.1) is 0 Å². The fourth-order valence-corrected chi connectivity index (χ4v) is 4.79. The lowest BCUT2D eigenvalue weighted by Gasteiger charge is -2.07. The molecule has 2 atom stereocenters. The second kappa shape index (κ2) is 7.97. The van der Waals surface area contributed by atoms with Crippen molar-refractivity contribution in [3.8, 4) is 21.5 Å². The SMILES string of the molecule is CCC(C)c1cccc2nc(-c3ccc(-c4nc5cccc(C(C)CC)c5o4)s3)oc12. The minimum Gasteiger partial charge on any atom is -0.435 e. The Balaban J connectivity index is 1.54. The van der Waals surface area contributed by atoms with E-state index in [0.717, 1.165) is 44.8 Å². The Kier molecular flexibility index (Phi) is 5.14. The van der Waals surface area contributed by atoms with Crippen LogP contribution in [-0.4, -0.2) is 9.97 Å². The van der Waals surface area contributed by atoms with Gasteiger partial charge in [-0.1, -0.05) is 52.0 Å². The normalized spacial score (nSPS) is 13.8. The Hall–Kier alpha value is -2.92. The van der Waals surface area contributed by atoms with E-state index in [4.69, 9.17) is 18.8 Å². The molecule has 5 aromatic rings. The zero-order valence-corrected chi connectivity index (χ0v) is 19.1. The second-order valence-corrected chi connectivity index (χ2v) is 9.30. The molecule has 3 heterocycles. The number of hydrogen-bond donors (Lipinski definition) is 0. The van der Waals surface area contributed by atoms with Crippen molar-refractivity contribution in [1.82, 2.24) is 9.97 Å². The topological polar surface area (TPSA) is 52.1 Å². The van der Waals surface area contributed by atoms with Gasteiger partial charge in [0.1, 0.15) is 11.0 Å². The molecule has 0 aliphatic carbocycles. The lowest BCUT2D eigenvalue weighted by atomic mass is 9.98. The third kappa shape index (κ3) is 3.47. The van der Waals surface area contributed by atoms with Crippen molar-refractivity contribution in [1.29, 1.82) is 0 Å². The van der Waals surface area contributed by atoms with E-state index in [9.17, 15) is 0 Å². The van der Waals surface area contributed by atoms with Gasteiger partial charge in [0.25, 0.3) is 0 Å². The van der Waals surface area contributed by atoms with Crippen LogP contribution in [0.2, 0.25) is 0 Å². The Labute approximate surface area is 185 Å². The third-order valence-electron chi connectivity index (χ3n) is 6.21. The van der Waals surface area contributed by atoms with E-state index in [1.165, 1.54) is 11.1 Å². The van der Waals surface area contributed by atoms with Gasteiger partial charge >= 0.3 is 0 Å². The third-order valence-corrected chi connectivity index (χ3v) is 7.27. The van der Waals surface area contributed by atoms with Crippen LogP contribution in [-0.2, 0) is 0 Å². The first-order chi connectivity index (χ1) is 15.1. The largest absolute Gasteiger partial charge is 0.435 e. The van der Waals surface area contributed by atoms with E-state index >= 15 is 0 Å². The summed E-state index contributed by atoms with van der Waals surface area (Å²) in [5.74, 6) is 2.17. The molecule has 0 fully saturated rings. The summed E-state index contributed by atoms with van der Waals surface area (Å²) in [7, 11) is 0. The van der Waals surface area contributed by atoms with E-state index in [1.807, 2.05) is 24.3 Å². The number of oxazole rings is 2. The van der Waals surface area contributed by atoms with Gasteiger partial charge in [-0.05, 0) is 60.1 Å². The van der Waals surface area contributed by atoms with Crippen LogP contribution in [0.15, 0.2) is 57.4 Å². The van der Waals surface area contributed by atoms with Crippen molar-refractivity contribution < 1.29 is 8.83 Å². The Morgan fingerprint density at radius 2 is 1.16 bits per heavy atom. The molecule has 31 heavy (non-hydrogen) atoms. The van der Waals surface area contributed by atoms with Gasteiger partial charge in [-0.25, -0.2) is 9.97 Å². The highest BCUT2D eigenvalue weighted by Crippen LogP contribution is 2.38. The molecule has 0 bridgehead atoms. The Bertz CT molecular complexity index is 1260. The number of aromatic nitrogens is 2. The molecule has 2 aromatic carbocycles. The quantitative estimate of drug-likeness (QED) is 0.271. The van der Waals surface area contributed by atoms with Gasteiger partial charge in [0.2, 0.25) is 11.8 Å². The minimum absolute atomic E-state index is 0.433. The van der Waals surface area contributed by atoms with E-state index in [0.29, 0.717) is 23.6 Å². The molecule has 0 aliphatic heterocycles. The summed E-state index contributed by atoms with van der Waals surface area (Å²) in [5.41, 5.74) is 6.02. The molecular formula is C26H26N2O2S. The molecule has 0 aliphatic rings. The van der Waals surface area contributed by atoms with Crippen LogP contribution < -0.4 is 0 Å². The van der Waals surface area contributed by atoms with E-state index < -0.39 is 0 Å². The van der Waals surface area contributed by atoms with E-state index in [1.54, 1.807) is 11.3 Å². The zero-order valence-electron chi connectivity index (χ0n) is 18.3. The number of thiophene rings is 1. The van der Waals surface area contributed by atoms with Gasteiger partial charge in [-0.15, -0.1) is 11.3 Å². The van der Waals surface area contributed by atoms with Crippen LogP contribution in [0.3, 0.4) is 0 Å². The molecule has 0 saturated heterocycles. The summed E-state index contributed by atoms with van der Waals surface area (Å²) in [6.07, 6.45) is 2.13. The van der Waals surface area contributed by atoms with E-state index in [2.05, 4.69) is 52.0 Å². The first kappa shape index (κ1) is 20.0.